The zero-order chi connectivity index (χ0) is 15.1. The molecule has 0 aromatic heterocycles. The lowest BCUT2D eigenvalue weighted by Gasteiger charge is -2.36. The SMILES string of the molecule is Cc1cccc(C2(C(=O)NCCCCN)CCCCC2)c1.Cl. The number of hydrogen-bond acceptors (Lipinski definition) is 2. The highest BCUT2D eigenvalue weighted by atomic mass is 35.5. The zero-order valence-corrected chi connectivity index (χ0v) is 14.4. The average Bonchev–Trinajstić information content (AvgIpc) is 2.52. The molecule has 1 saturated carbocycles. The summed E-state index contributed by atoms with van der Waals surface area (Å²) in [5, 5.41) is 3.15. The van der Waals surface area contributed by atoms with Crippen LogP contribution in [0.3, 0.4) is 0 Å². The van der Waals surface area contributed by atoms with Crippen molar-refractivity contribution in [3.63, 3.8) is 0 Å². The van der Waals surface area contributed by atoms with Gasteiger partial charge in [-0.05, 0) is 44.7 Å². The molecule has 1 aliphatic carbocycles. The van der Waals surface area contributed by atoms with Crippen LogP contribution in [-0.4, -0.2) is 19.0 Å². The summed E-state index contributed by atoms with van der Waals surface area (Å²) in [6, 6.07) is 8.48. The number of nitrogens with one attached hydrogen (secondary N) is 1. The van der Waals surface area contributed by atoms with Crippen LogP contribution in [0.4, 0.5) is 0 Å². The molecule has 4 heteroatoms. The number of rotatable bonds is 6. The second-order valence-corrected chi connectivity index (χ2v) is 6.26. The van der Waals surface area contributed by atoms with Gasteiger partial charge in [-0.1, -0.05) is 49.1 Å². The van der Waals surface area contributed by atoms with E-state index in [9.17, 15) is 4.79 Å². The summed E-state index contributed by atoms with van der Waals surface area (Å²) in [5.41, 5.74) is 7.62. The summed E-state index contributed by atoms with van der Waals surface area (Å²) in [4.78, 5) is 12.9. The highest BCUT2D eigenvalue weighted by Crippen LogP contribution is 2.40. The molecule has 2 rings (SSSR count). The summed E-state index contributed by atoms with van der Waals surface area (Å²) >= 11 is 0. The summed E-state index contributed by atoms with van der Waals surface area (Å²) in [7, 11) is 0. The van der Waals surface area contributed by atoms with Crippen molar-refractivity contribution in [1.29, 1.82) is 0 Å². The van der Waals surface area contributed by atoms with Crippen LogP contribution in [0.15, 0.2) is 24.3 Å². The monoisotopic (exact) mass is 324 g/mol. The number of nitrogens with two attached hydrogens (primary N) is 1. The maximum absolute atomic E-state index is 12.9. The van der Waals surface area contributed by atoms with E-state index in [4.69, 9.17) is 5.73 Å². The van der Waals surface area contributed by atoms with E-state index in [1.54, 1.807) is 0 Å². The Morgan fingerprint density at radius 3 is 2.59 bits per heavy atom. The van der Waals surface area contributed by atoms with Gasteiger partial charge in [0.25, 0.3) is 0 Å². The van der Waals surface area contributed by atoms with Crippen molar-refractivity contribution in [2.24, 2.45) is 5.73 Å². The van der Waals surface area contributed by atoms with Crippen LogP contribution in [0.1, 0.15) is 56.1 Å². The van der Waals surface area contributed by atoms with Crippen molar-refractivity contribution >= 4 is 18.3 Å². The maximum Gasteiger partial charge on any atom is 0.230 e. The maximum atomic E-state index is 12.9. The smallest absolute Gasteiger partial charge is 0.230 e. The van der Waals surface area contributed by atoms with Crippen LogP contribution in [0.2, 0.25) is 0 Å². The molecule has 3 nitrogen and oxygen atoms in total. The van der Waals surface area contributed by atoms with E-state index in [-0.39, 0.29) is 23.7 Å². The van der Waals surface area contributed by atoms with Crippen LogP contribution in [0, 0.1) is 6.92 Å². The van der Waals surface area contributed by atoms with Crippen LogP contribution < -0.4 is 11.1 Å². The second-order valence-electron chi connectivity index (χ2n) is 6.26. The molecule has 0 aliphatic heterocycles. The molecule has 0 heterocycles. The van der Waals surface area contributed by atoms with Gasteiger partial charge in [0.15, 0.2) is 0 Å². The van der Waals surface area contributed by atoms with E-state index in [1.807, 2.05) is 0 Å². The summed E-state index contributed by atoms with van der Waals surface area (Å²) in [5.74, 6) is 0.213. The first-order valence-electron chi connectivity index (χ1n) is 8.24. The molecule has 22 heavy (non-hydrogen) atoms. The summed E-state index contributed by atoms with van der Waals surface area (Å²) < 4.78 is 0. The molecule has 3 N–H and O–H groups in total. The van der Waals surface area contributed by atoms with Gasteiger partial charge >= 0.3 is 0 Å². The molecule has 124 valence electrons. The molecular weight excluding hydrogens is 296 g/mol. The van der Waals surface area contributed by atoms with Gasteiger partial charge in [0.1, 0.15) is 0 Å². The topological polar surface area (TPSA) is 55.1 Å². The molecule has 0 bridgehead atoms. The number of unbranched alkanes of at least 4 members (excludes halogenated alkanes) is 1. The standard InChI is InChI=1S/C18H28N2O.ClH/c1-15-8-7-9-16(14-15)18(10-3-2-4-11-18)17(21)20-13-6-5-12-19;/h7-9,14H,2-6,10-13,19H2,1H3,(H,20,21);1H. The van der Waals surface area contributed by atoms with Gasteiger partial charge < -0.3 is 11.1 Å². The molecule has 1 amide bonds. The summed E-state index contributed by atoms with van der Waals surface area (Å²) in [6.45, 7) is 3.53. The first kappa shape index (κ1) is 19.0. The molecule has 1 aromatic carbocycles. The van der Waals surface area contributed by atoms with Gasteiger partial charge in [0.2, 0.25) is 5.91 Å². The fraction of sp³-hybridized carbons (Fsp3) is 0.611. The number of amides is 1. The fourth-order valence-electron chi connectivity index (χ4n) is 3.39. The van der Waals surface area contributed by atoms with Crippen LogP contribution >= 0.6 is 12.4 Å². The molecule has 1 aliphatic rings. The number of hydrogen-bond donors (Lipinski definition) is 2. The minimum absolute atomic E-state index is 0. The van der Waals surface area contributed by atoms with Crippen molar-refractivity contribution < 1.29 is 4.79 Å². The normalized spacial score (nSPS) is 16.6. The first-order chi connectivity index (χ1) is 10.2. The van der Waals surface area contributed by atoms with Crippen molar-refractivity contribution in [3.8, 4) is 0 Å². The predicted molar refractivity (Wildman–Crippen MR) is 94.5 cm³/mol. The van der Waals surface area contributed by atoms with Gasteiger partial charge in [-0.15, -0.1) is 12.4 Å². The van der Waals surface area contributed by atoms with Gasteiger partial charge in [0.05, 0.1) is 5.41 Å². The third kappa shape index (κ3) is 4.47. The molecule has 0 radical (unpaired) electrons. The predicted octanol–water partition coefficient (Wildman–Crippen LogP) is 3.47. The van der Waals surface area contributed by atoms with Gasteiger partial charge in [-0.3, -0.25) is 4.79 Å². The Bertz CT molecular complexity index is 470. The summed E-state index contributed by atoms with van der Waals surface area (Å²) in [6.07, 6.45) is 7.41. The van der Waals surface area contributed by atoms with Crippen LogP contribution in [-0.2, 0) is 10.2 Å². The fourth-order valence-corrected chi connectivity index (χ4v) is 3.39. The molecule has 0 atom stereocenters. The van der Waals surface area contributed by atoms with Gasteiger partial charge in [-0.25, -0.2) is 0 Å². The van der Waals surface area contributed by atoms with Gasteiger partial charge in [0, 0.05) is 6.54 Å². The van der Waals surface area contributed by atoms with E-state index in [0.29, 0.717) is 6.54 Å². The van der Waals surface area contributed by atoms with Crippen molar-refractivity contribution in [2.75, 3.05) is 13.1 Å². The average molecular weight is 325 g/mol. The largest absolute Gasteiger partial charge is 0.355 e. The lowest BCUT2D eigenvalue weighted by Crippen LogP contribution is -2.46. The third-order valence-electron chi connectivity index (χ3n) is 4.63. The van der Waals surface area contributed by atoms with E-state index < -0.39 is 0 Å². The third-order valence-corrected chi connectivity index (χ3v) is 4.63. The van der Waals surface area contributed by atoms with E-state index in [0.717, 1.165) is 45.1 Å². The first-order valence-corrected chi connectivity index (χ1v) is 8.24. The molecule has 0 saturated heterocycles. The zero-order valence-electron chi connectivity index (χ0n) is 13.6. The Morgan fingerprint density at radius 2 is 1.95 bits per heavy atom. The lowest BCUT2D eigenvalue weighted by atomic mass is 9.68. The van der Waals surface area contributed by atoms with E-state index in [1.165, 1.54) is 17.5 Å². The van der Waals surface area contributed by atoms with E-state index >= 15 is 0 Å². The highest BCUT2D eigenvalue weighted by Gasteiger charge is 2.40. The quantitative estimate of drug-likeness (QED) is 0.787. The molecule has 0 unspecified atom stereocenters. The lowest BCUT2D eigenvalue weighted by molar-refractivity contribution is -0.128. The number of halogens is 1. The van der Waals surface area contributed by atoms with Crippen molar-refractivity contribution in [3.05, 3.63) is 35.4 Å². The minimum atomic E-state index is -0.313. The number of aryl methyl sites for hydroxylation is 1. The van der Waals surface area contributed by atoms with Crippen LogP contribution in [0.5, 0.6) is 0 Å². The minimum Gasteiger partial charge on any atom is -0.355 e. The number of carbonyl (C=O) groups is 1. The Labute approximate surface area is 140 Å². The van der Waals surface area contributed by atoms with Crippen molar-refractivity contribution in [1.82, 2.24) is 5.32 Å². The molecule has 1 fully saturated rings. The molecule has 1 aromatic rings. The highest BCUT2D eigenvalue weighted by molar-refractivity contribution is 5.88. The van der Waals surface area contributed by atoms with E-state index in [2.05, 4.69) is 36.5 Å². The number of benzene rings is 1. The van der Waals surface area contributed by atoms with Crippen molar-refractivity contribution in [2.45, 2.75) is 57.3 Å². The second kappa shape index (κ2) is 9.16. The van der Waals surface area contributed by atoms with Crippen LogP contribution in [0.25, 0.3) is 0 Å². The van der Waals surface area contributed by atoms with Gasteiger partial charge in [-0.2, -0.15) is 0 Å². The molecular formula is C18H29ClN2O. The number of carbonyl (C=O) groups excluding carboxylic acids is 1. The molecule has 0 spiro atoms. The Morgan fingerprint density at radius 1 is 1.23 bits per heavy atom. The Hall–Kier alpha value is -1.06. The Kier molecular flexibility index (Phi) is 7.91. The Balaban J connectivity index is 0.00000242.